The Kier molecular flexibility index (Phi) is 7.72. The van der Waals surface area contributed by atoms with E-state index in [2.05, 4.69) is 71.9 Å². The van der Waals surface area contributed by atoms with Gasteiger partial charge in [0.1, 0.15) is 16.2 Å². The first-order valence-corrected chi connectivity index (χ1v) is 11.5. The van der Waals surface area contributed by atoms with Crippen LogP contribution < -0.4 is 5.73 Å². The molecule has 2 atom stereocenters. The van der Waals surface area contributed by atoms with Crippen molar-refractivity contribution >= 4 is 10.5 Å². The third-order valence-corrected chi connectivity index (χ3v) is 7.23. The van der Waals surface area contributed by atoms with Crippen LogP contribution in [0.15, 0.2) is 30.3 Å². The lowest BCUT2D eigenvalue weighted by atomic mass is 9.55. The minimum atomic E-state index is -0.392. The lowest BCUT2D eigenvalue weighted by molar-refractivity contribution is 0.185. The number of hydrogen-bond acceptors (Lipinski definition) is 3. The number of phenolic OH excluding ortho intramolecular Hbond substituents is 1. The molecule has 0 heterocycles. The molecule has 0 radical (unpaired) electrons. The van der Waals surface area contributed by atoms with Gasteiger partial charge in [0.2, 0.25) is 0 Å². The molecular weight excluding hydrogens is 374 g/mol. The molecule has 0 bridgehead atoms. The van der Waals surface area contributed by atoms with E-state index >= 15 is 0 Å². The quantitative estimate of drug-likeness (QED) is 0.635. The molecule has 0 aliphatic carbocycles. The van der Waals surface area contributed by atoms with Gasteiger partial charge in [0.15, 0.2) is 0 Å². The summed E-state index contributed by atoms with van der Waals surface area (Å²) in [6.45, 7) is 16.4. The summed E-state index contributed by atoms with van der Waals surface area (Å²) in [5.41, 5.74) is 12.7. The summed E-state index contributed by atoms with van der Waals surface area (Å²) < 4.78 is 5.69. The molecule has 2 aromatic carbocycles. The molecule has 0 fully saturated rings. The zero-order valence-electron chi connectivity index (χ0n) is 19.5. The standard InChI is InChI=1S/C25H39NO2Si/c1-15(2)22(13-26)25(16(3)4,20-11-9-8-10-12-20)23-19(7)21(14-28-29)17(5)18(6)24(23)27/h8-12,15-16,22,27H,13-14,26H2,1-7,29H3. The minimum absolute atomic E-state index is 0.182. The summed E-state index contributed by atoms with van der Waals surface area (Å²) in [6, 6.07) is 10.6. The molecule has 2 rings (SSSR count). The smallest absolute Gasteiger partial charge is 0.146 e. The molecule has 29 heavy (non-hydrogen) atoms. The van der Waals surface area contributed by atoms with Crippen molar-refractivity contribution < 1.29 is 9.53 Å². The molecule has 0 spiro atoms. The van der Waals surface area contributed by atoms with Crippen molar-refractivity contribution in [3.63, 3.8) is 0 Å². The second kappa shape index (κ2) is 9.46. The third-order valence-electron chi connectivity index (χ3n) is 6.94. The molecule has 0 amide bonds. The molecule has 3 N–H and O–H groups in total. The van der Waals surface area contributed by atoms with Gasteiger partial charge in [-0.2, -0.15) is 0 Å². The summed E-state index contributed by atoms with van der Waals surface area (Å²) in [7, 11) is 0.687. The fourth-order valence-corrected chi connectivity index (χ4v) is 5.65. The van der Waals surface area contributed by atoms with E-state index in [4.69, 9.17) is 10.2 Å². The van der Waals surface area contributed by atoms with Crippen LogP contribution in [-0.2, 0) is 16.4 Å². The number of phenols is 1. The number of benzene rings is 2. The Morgan fingerprint density at radius 1 is 1.00 bits per heavy atom. The van der Waals surface area contributed by atoms with Crippen LogP contribution in [0.1, 0.15) is 61.1 Å². The Bertz CT molecular complexity index is 833. The second-order valence-electron chi connectivity index (χ2n) is 8.99. The van der Waals surface area contributed by atoms with Crippen LogP contribution in [0.2, 0.25) is 0 Å². The lowest BCUT2D eigenvalue weighted by Crippen LogP contribution is -2.48. The maximum absolute atomic E-state index is 11.6. The average molecular weight is 414 g/mol. The van der Waals surface area contributed by atoms with Crippen molar-refractivity contribution in [3.8, 4) is 5.75 Å². The topological polar surface area (TPSA) is 55.5 Å². The van der Waals surface area contributed by atoms with Crippen LogP contribution in [-0.4, -0.2) is 22.1 Å². The molecule has 0 saturated carbocycles. The number of rotatable bonds is 8. The summed E-state index contributed by atoms with van der Waals surface area (Å²) in [5, 5.41) is 11.6. The second-order valence-corrected chi connectivity index (χ2v) is 9.56. The molecule has 2 unspecified atom stereocenters. The minimum Gasteiger partial charge on any atom is -0.507 e. The van der Waals surface area contributed by atoms with Crippen molar-refractivity contribution in [2.24, 2.45) is 23.5 Å². The highest BCUT2D eigenvalue weighted by Crippen LogP contribution is 2.53. The number of hydrogen-bond donors (Lipinski definition) is 2. The molecule has 2 aromatic rings. The molecule has 0 aromatic heterocycles. The van der Waals surface area contributed by atoms with Crippen LogP contribution >= 0.6 is 0 Å². The first-order chi connectivity index (χ1) is 13.7. The van der Waals surface area contributed by atoms with Crippen molar-refractivity contribution in [3.05, 3.63) is 63.7 Å². The SMILES string of the molecule is Cc1c(C)c(CO[SiH3])c(C)c(C(c2ccccc2)(C(C)C)C(CN)C(C)C)c1O. The maximum atomic E-state index is 11.6. The first kappa shape index (κ1) is 23.7. The van der Waals surface area contributed by atoms with E-state index in [0.29, 0.717) is 35.3 Å². The highest BCUT2D eigenvalue weighted by atomic mass is 28.2. The van der Waals surface area contributed by atoms with E-state index in [-0.39, 0.29) is 11.8 Å². The molecule has 0 aliphatic rings. The largest absolute Gasteiger partial charge is 0.507 e. The normalized spacial score (nSPS) is 15.1. The summed E-state index contributed by atoms with van der Waals surface area (Å²) in [5.74, 6) is 1.20. The van der Waals surface area contributed by atoms with Gasteiger partial charge in [0.25, 0.3) is 0 Å². The van der Waals surface area contributed by atoms with Gasteiger partial charge in [-0.05, 0) is 72.9 Å². The van der Waals surface area contributed by atoms with Gasteiger partial charge in [-0.1, -0.05) is 58.0 Å². The fraction of sp³-hybridized carbons (Fsp3) is 0.520. The van der Waals surface area contributed by atoms with E-state index in [9.17, 15) is 5.11 Å². The maximum Gasteiger partial charge on any atom is 0.146 e. The zero-order chi connectivity index (χ0) is 21.9. The average Bonchev–Trinajstić information content (AvgIpc) is 2.69. The van der Waals surface area contributed by atoms with Gasteiger partial charge in [0, 0.05) is 11.0 Å². The first-order valence-electron chi connectivity index (χ1n) is 10.7. The van der Waals surface area contributed by atoms with Crippen LogP contribution in [0, 0.1) is 38.5 Å². The Hall–Kier alpha value is -1.62. The summed E-state index contributed by atoms with van der Waals surface area (Å²) in [4.78, 5) is 0. The van der Waals surface area contributed by atoms with Crippen LogP contribution in [0.25, 0.3) is 0 Å². The van der Waals surface area contributed by atoms with E-state index in [0.717, 1.165) is 22.3 Å². The van der Waals surface area contributed by atoms with E-state index in [1.165, 1.54) is 11.1 Å². The summed E-state index contributed by atoms with van der Waals surface area (Å²) in [6.07, 6.45) is 0. The van der Waals surface area contributed by atoms with Gasteiger partial charge >= 0.3 is 0 Å². The van der Waals surface area contributed by atoms with Crippen LogP contribution in [0.5, 0.6) is 5.75 Å². The van der Waals surface area contributed by atoms with Crippen LogP contribution in [0.4, 0.5) is 0 Å². The lowest BCUT2D eigenvalue weighted by Gasteiger charge is -2.48. The molecular formula is C25H39NO2Si. The predicted molar refractivity (Wildman–Crippen MR) is 126 cm³/mol. The molecule has 0 saturated heterocycles. The van der Waals surface area contributed by atoms with E-state index in [1.807, 2.05) is 6.92 Å². The zero-order valence-corrected chi connectivity index (χ0v) is 21.5. The molecule has 4 heteroatoms. The highest BCUT2D eigenvalue weighted by molar-refractivity contribution is 5.97. The van der Waals surface area contributed by atoms with Gasteiger partial charge < -0.3 is 15.3 Å². The highest BCUT2D eigenvalue weighted by Gasteiger charge is 2.48. The van der Waals surface area contributed by atoms with Gasteiger partial charge in [0.05, 0.1) is 6.61 Å². The Balaban J connectivity index is 3.08. The number of aromatic hydroxyl groups is 1. The van der Waals surface area contributed by atoms with E-state index < -0.39 is 5.41 Å². The van der Waals surface area contributed by atoms with Crippen molar-refractivity contribution in [2.75, 3.05) is 6.54 Å². The predicted octanol–water partition coefficient (Wildman–Crippen LogP) is 4.29. The Morgan fingerprint density at radius 2 is 1.59 bits per heavy atom. The van der Waals surface area contributed by atoms with E-state index in [1.54, 1.807) is 0 Å². The molecule has 3 nitrogen and oxygen atoms in total. The van der Waals surface area contributed by atoms with Crippen molar-refractivity contribution in [2.45, 2.75) is 60.5 Å². The van der Waals surface area contributed by atoms with Gasteiger partial charge in [-0.3, -0.25) is 0 Å². The van der Waals surface area contributed by atoms with Crippen LogP contribution in [0.3, 0.4) is 0 Å². The van der Waals surface area contributed by atoms with Gasteiger partial charge in [-0.25, -0.2) is 0 Å². The van der Waals surface area contributed by atoms with Gasteiger partial charge in [-0.15, -0.1) is 0 Å². The Labute approximate surface area is 180 Å². The van der Waals surface area contributed by atoms with Crippen molar-refractivity contribution in [1.29, 1.82) is 0 Å². The third kappa shape index (κ3) is 3.90. The Morgan fingerprint density at radius 3 is 2.03 bits per heavy atom. The number of nitrogens with two attached hydrogens (primary N) is 1. The molecule has 0 aliphatic heterocycles. The monoisotopic (exact) mass is 413 g/mol. The summed E-state index contributed by atoms with van der Waals surface area (Å²) >= 11 is 0. The van der Waals surface area contributed by atoms with Crippen molar-refractivity contribution in [1.82, 2.24) is 0 Å². The fourth-order valence-electron chi connectivity index (χ4n) is 5.36. The molecule has 160 valence electrons.